The Hall–Kier alpha value is -0.900. The summed E-state index contributed by atoms with van der Waals surface area (Å²) in [6, 6.07) is 6.01. The van der Waals surface area contributed by atoms with Crippen molar-refractivity contribution in [1.82, 2.24) is 4.90 Å². The molecule has 1 amide bonds. The van der Waals surface area contributed by atoms with Crippen LogP contribution in [-0.4, -0.2) is 29.2 Å². The summed E-state index contributed by atoms with van der Waals surface area (Å²) in [4.78, 5) is 13.5. The maximum atomic E-state index is 13.3. The molecule has 1 atom stereocenters. The minimum atomic E-state index is -0.475. The first kappa shape index (κ1) is 12.2. The second kappa shape index (κ2) is 5.26. The van der Waals surface area contributed by atoms with Gasteiger partial charge in [-0.25, -0.2) is 4.39 Å². The molecule has 1 aromatic carbocycles. The number of benzene rings is 1. The molecular weight excluding hydrogens is 261 g/mol. The number of alkyl halides is 1. The lowest BCUT2D eigenvalue weighted by atomic mass is 10.2. The van der Waals surface area contributed by atoms with Crippen LogP contribution in [0.4, 0.5) is 4.39 Å². The topological polar surface area (TPSA) is 20.3 Å². The van der Waals surface area contributed by atoms with Gasteiger partial charge in [0.05, 0.1) is 5.56 Å². The summed E-state index contributed by atoms with van der Waals surface area (Å²) in [5, 5.41) is 0. The van der Waals surface area contributed by atoms with E-state index < -0.39 is 5.82 Å². The number of nitrogens with zero attached hydrogens (tertiary/aromatic N) is 1. The molecule has 0 saturated heterocycles. The van der Waals surface area contributed by atoms with Crippen molar-refractivity contribution in [3.63, 3.8) is 0 Å². The first-order valence-corrected chi connectivity index (χ1v) is 5.58. The van der Waals surface area contributed by atoms with E-state index in [9.17, 15) is 9.18 Å². The molecule has 0 spiro atoms. The van der Waals surface area contributed by atoms with Gasteiger partial charge >= 0.3 is 0 Å². The van der Waals surface area contributed by atoms with Crippen LogP contribution in [0.1, 0.15) is 17.3 Å². The van der Waals surface area contributed by atoms with E-state index in [1.54, 1.807) is 19.2 Å². The lowest BCUT2D eigenvalue weighted by Gasteiger charge is -2.18. The van der Waals surface area contributed by atoms with Crippen LogP contribution in [0.25, 0.3) is 0 Å². The third-order valence-electron chi connectivity index (χ3n) is 1.98. The van der Waals surface area contributed by atoms with Crippen molar-refractivity contribution >= 4 is 21.8 Å². The number of carbonyl (C=O) groups is 1. The highest BCUT2D eigenvalue weighted by Crippen LogP contribution is 2.10. The molecule has 0 aliphatic carbocycles. The zero-order chi connectivity index (χ0) is 11.4. The molecule has 4 heteroatoms. The highest BCUT2D eigenvalue weighted by molar-refractivity contribution is 9.09. The number of hydrogen-bond donors (Lipinski definition) is 0. The molecule has 82 valence electrons. The number of halogens is 2. The van der Waals surface area contributed by atoms with Crippen molar-refractivity contribution in [3.8, 4) is 0 Å². The quantitative estimate of drug-likeness (QED) is 0.776. The predicted molar refractivity (Wildman–Crippen MR) is 61.7 cm³/mol. The van der Waals surface area contributed by atoms with Crippen LogP contribution in [0.15, 0.2) is 24.3 Å². The molecule has 0 N–H and O–H groups in total. The van der Waals surface area contributed by atoms with Crippen LogP contribution >= 0.6 is 15.9 Å². The van der Waals surface area contributed by atoms with Crippen molar-refractivity contribution in [2.45, 2.75) is 11.8 Å². The van der Waals surface area contributed by atoms with Crippen LogP contribution in [0.2, 0.25) is 0 Å². The molecule has 0 aliphatic heterocycles. The molecule has 0 aliphatic rings. The van der Waals surface area contributed by atoms with E-state index >= 15 is 0 Å². The standard InChI is InChI=1S/C11H13BrFNO/c1-8(12)7-14(2)11(15)9-5-3-4-6-10(9)13/h3-6,8H,7H2,1-2H3. The van der Waals surface area contributed by atoms with Gasteiger partial charge in [-0.1, -0.05) is 35.0 Å². The van der Waals surface area contributed by atoms with Gasteiger partial charge in [0.2, 0.25) is 0 Å². The van der Waals surface area contributed by atoms with Crippen molar-refractivity contribution in [1.29, 1.82) is 0 Å². The molecule has 0 aromatic heterocycles. The summed E-state index contributed by atoms with van der Waals surface area (Å²) in [6.07, 6.45) is 0. The van der Waals surface area contributed by atoms with Gasteiger partial charge in [0, 0.05) is 18.4 Å². The fourth-order valence-corrected chi connectivity index (χ4v) is 1.73. The van der Waals surface area contributed by atoms with Crippen LogP contribution in [0.3, 0.4) is 0 Å². The molecule has 0 radical (unpaired) electrons. The van der Waals surface area contributed by atoms with Gasteiger partial charge in [-0.3, -0.25) is 4.79 Å². The molecule has 0 bridgehead atoms. The van der Waals surface area contributed by atoms with Gasteiger partial charge in [0.15, 0.2) is 0 Å². The maximum Gasteiger partial charge on any atom is 0.256 e. The van der Waals surface area contributed by atoms with Gasteiger partial charge in [-0.15, -0.1) is 0 Å². The predicted octanol–water partition coefficient (Wildman–Crippen LogP) is 2.68. The Balaban J connectivity index is 2.81. The highest BCUT2D eigenvalue weighted by Gasteiger charge is 2.16. The first-order valence-electron chi connectivity index (χ1n) is 4.66. The third-order valence-corrected chi connectivity index (χ3v) is 2.27. The minimum Gasteiger partial charge on any atom is -0.341 e. The summed E-state index contributed by atoms with van der Waals surface area (Å²) < 4.78 is 13.3. The third kappa shape index (κ3) is 3.30. The maximum absolute atomic E-state index is 13.3. The number of amides is 1. The first-order chi connectivity index (χ1) is 7.02. The molecule has 2 nitrogen and oxygen atoms in total. The summed E-state index contributed by atoms with van der Waals surface area (Å²) in [5.41, 5.74) is 0.119. The number of hydrogen-bond acceptors (Lipinski definition) is 1. The van der Waals surface area contributed by atoms with Gasteiger partial charge in [0.1, 0.15) is 5.82 Å². The van der Waals surface area contributed by atoms with Gasteiger partial charge in [-0.2, -0.15) is 0 Å². The van der Waals surface area contributed by atoms with Crippen molar-refractivity contribution in [2.75, 3.05) is 13.6 Å². The Kier molecular flexibility index (Phi) is 4.27. The lowest BCUT2D eigenvalue weighted by Crippen LogP contribution is -2.31. The van der Waals surface area contributed by atoms with Crippen LogP contribution in [-0.2, 0) is 0 Å². The minimum absolute atomic E-state index is 0.119. The SMILES string of the molecule is CC(Br)CN(C)C(=O)c1ccccc1F. The molecule has 15 heavy (non-hydrogen) atoms. The molecule has 1 rings (SSSR count). The molecule has 0 saturated carbocycles. The average Bonchev–Trinajstić information content (AvgIpc) is 2.16. The van der Waals surface area contributed by atoms with Crippen molar-refractivity contribution < 1.29 is 9.18 Å². The van der Waals surface area contributed by atoms with E-state index in [0.29, 0.717) is 6.54 Å². The average molecular weight is 274 g/mol. The normalized spacial score (nSPS) is 12.3. The van der Waals surface area contributed by atoms with E-state index in [2.05, 4.69) is 15.9 Å². The summed E-state index contributed by atoms with van der Waals surface area (Å²) in [5.74, 6) is -0.768. The largest absolute Gasteiger partial charge is 0.341 e. The monoisotopic (exact) mass is 273 g/mol. The van der Waals surface area contributed by atoms with Crippen molar-refractivity contribution in [2.24, 2.45) is 0 Å². The lowest BCUT2D eigenvalue weighted by molar-refractivity contribution is 0.0793. The Labute approximate surface area is 97.2 Å². The second-order valence-corrected chi connectivity index (χ2v) is 5.01. The van der Waals surface area contributed by atoms with E-state index in [1.807, 2.05) is 6.92 Å². The number of rotatable bonds is 3. The summed E-state index contributed by atoms with van der Waals surface area (Å²) >= 11 is 3.35. The van der Waals surface area contributed by atoms with Crippen LogP contribution in [0.5, 0.6) is 0 Å². The van der Waals surface area contributed by atoms with Crippen LogP contribution < -0.4 is 0 Å². The molecule has 0 heterocycles. The van der Waals surface area contributed by atoms with E-state index in [0.717, 1.165) is 0 Å². The summed E-state index contributed by atoms with van der Waals surface area (Å²) in [6.45, 7) is 2.48. The van der Waals surface area contributed by atoms with Gasteiger partial charge < -0.3 is 4.90 Å². The zero-order valence-corrected chi connectivity index (χ0v) is 10.3. The van der Waals surface area contributed by atoms with E-state index in [1.165, 1.54) is 17.0 Å². The Morgan fingerprint density at radius 2 is 2.13 bits per heavy atom. The Bertz CT molecular complexity index is 354. The summed E-state index contributed by atoms with van der Waals surface area (Å²) in [7, 11) is 1.66. The van der Waals surface area contributed by atoms with Crippen molar-refractivity contribution in [3.05, 3.63) is 35.6 Å². The smallest absolute Gasteiger partial charge is 0.256 e. The highest BCUT2D eigenvalue weighted by atomic mass is 79.9. The molecule has 1 aromatic rings. The fraction of sp³-hybridized carbons (Fsp3) is 0.364. The van der Waals surface area contributed by atoms with Crippen LogP contribution in [0, 0.1) is 5.82 Å². The molecule has 0 fully saturated rings. The molecular formula is C11H13BrFNO. The van der Waals surface area contributed by atoms with E-state index in [4.69, 9.17) is 0 Å². The Morgan fingerprint density at radius 3 is 2.67 bits per heavy atom. The van der Waals surface area contributed by atoms with E-state index in [-0.39, 0.29) is 16.3 Å². The van der Waals surface area contributed by atoms with Gasteiger partial charge in [0.25, 0.3) is 5.91 Å². The van der Waals surface area contributed by atoms with Gasteiger partial charge in [-0.05, 0) is 12.1 Å². The fourth-order valence-electron chi connectivity index (χ4n) is 1.30. The Morgan fingerprint density at radius 1 is 1.53 bits per heavy atom. The number of carbonyl (C=O) groups excluding carboxylic acids is 1. The second-order valence-electron chi connectivity index (χ2n) is 3.45. The zero-order valence-electron chi connectivity index (χ0n) is 8.71. The molecule has 1 unspecified atom stereocenters.